The Morgan fingerprint density at radius 1 is 0.839 bits per heavy atom. The zero-order valence-electron chi connectivity index (χ0n) is 16.7. The molecule has 0 fully saturated rings. The van der Waals surface area contributed by atoms with Gasteiger partial charge in [0.05, 0.1) is 4.90 Å². The van der Waals surface area contributed by atoms with Crippen LogP contribution in [-0.2, 0) is 9.84 Å². The van der Waals surface area contributed by atoms with Crippen LogP contribution in [0.25, 0.3) is 11.5 Å². The molecule has 0 aliphatic heterocycles. The average molecular weight is 440 g/mol. The van der Waals surface area contributed by atoms with Crippen molar-refractivity contribution in [3.63, 3.8) is 0 Å². The van der Waals surface area contributed by atoms with E-state index in [1.807, 2.05) is 32.0 Å². The van der Waals surface area contributed by atoms with Crippen LogP contribution in [-0.4, -0.2) is 13.4 Å². The molecule has 0 amide bonds. The number of anilines is 2. The fourth-order valence-corrected chi connectivity index (χ4v) is 4.44. The summed E-state index contributed by atoms with van der Waals surface area (Å²) >= 11 is 0. The first-order chi connectivity index (χ1) is 14.7. The molecule has 4 rings (SSSR count). The summed E-state index contributed by atoms with van der Waals surface area (Å²) in [5.74, 6) is -1.08. The summed E-state index contributed by atoms with van der Waals surface area (Å²) in [7, 11) is -4.13. The standard InChI is InChI=1S/C23H18F2N2O3S/c1-14-11-15(2)13-19(12-14)26-22-23(31(28,29)20-9-7-18(25)8-10-20)27-21(30-22)16-3-5-17(24)6-4-16/h3-13,26H,1-2H3. The van der Waals surface area contributed by atoms with Gasteiger partial charge in [0, 0.05) is 11.3 Å². The van der Waals surface area contributed by atoms with E-state index in [1.54, 1.807) is 0 Å². The van der Waals surface area contributed by atoms with Crippen molar-refractivity contribution < 1.29 is 21.6 Å². The largest absolute Gasteiger partial charge is 0.419 e. The molecule has 158 valence electrons. The highest BCUT2D eigenvalue weighted by atomic mass is 32.2. The van der Waals surface area contributed by atoms with Crippen LogP contribution >= 0.6 is 0 Å². The number of oxazole rings is 1. The Bertz CT molecular complexity index is 1330. The van der Waals surface area contributed by atoms with Gasteiger partial charge in [-0.15, -0.1) is 0 Å². The molecule has 0 radical (unpaired) electrons. The van der Waals surface area contributed by atoms with Crippen LogP contribution in [0, 0.1) is 25.5 Å². The van der Waals surface area contributed by atoms with Gasteiger partial charge in [-0.25, -0.2) is 17.2 Å². The molecule has 3 aromatic carbocycles. The summed E-state index contributed by atoms with van der Waals surface area (Å²) < 4.78 is 58.9. The van der Waals surface area contributed by atoms with Crippen LogP contribution in [0.3, 0.4) is 0 Å². The number of hydrogen-bond acceptors (Lipinski definition) is 5. The predicted octanol–water partition coefficient (Wildman–Crippen LogP) is 5.81. The van der Waals surface area contributed by atoms with E-state index in [4.69, 9.17) is 4.42 Å². The first kappa shape index (κ1) is 20.7. The first-order valence-corrected chi connectivity index (χ1v) is 10.8. The minimum Gasteiger partial charge on any atom is -0.419 e. The predicted molar refractivity (Wildman–Crippen MR) is 113 cm³/mol. The molecule has 1 heterocycles. The lowest BCUT2D eigenvalue weighted by molar-refractivity contribution is 0.581. The van der Waals surface area contributed by atoms with E-state index >= 15 is 0 Å². The van der Waals surface area contributed by atoms with E-state index in [9.17, 15) is 17.2 Å². The molecule has 0 bridgehead atoms. The number of nitrogens with zero attached hydrogens (tertiary/aromatic N) is 1. The topological polar surface area (TPSA) is 72.2 Å². The number of halogens is 2. The van der Waals surface area contributed by atoms with Crippen molar-refractivity contribution in [3.05, 3.63) is 89.5 Å². The number of sulfone groups is 1. The van der Waals surface area contributed by atoms with Crippen LogP contribution < -0.4 is 5.32 Å². The van der Waals surface area contributed by atoms with Crippen LogP contribution in [0.5, 0.6) is 0 Å². The highest BCUT2D eigenvalue weighted by Gasteiger charge is 2.29. The van der Waals surface area contributed by atoms with Gasteiger partial charge in [0.15, 0.2) is 0 Å². The second-order valence-electron chi connectivity index (χ2n) is 7.12. The SMILES string of the molecule is Cc1cc(C)cc(Nc2oc(-c3ccc(F)cc3)nc2S(=O)(=O)c2ccc(F)cc2)c1. The fraction of sp³-hybridized carbons (Fsp3) is 0.0870. The fourth-order valence-electron chi connectivity index (χ4n) is 3.19. The van der Waals surface area contributed by atoms with Gasteiger partial charge in [0.2, 0.25) is 26.6 Å². The Labute approximate surface area is 178 Å². The molecule has 8 heteroatoms. The Hall–Kier alpha value is -3.52. The second-order valence-corrected chi connectivity index (χ2v) is 8.98. The molecule has 0 saturated heterocycles. The number of aromatic nitrogens is 1. The van der Waals surface area contributed by atoms with Crippen LogP contribution in [0.15, 0.2) is 81.1 Å². The van der Waals surface area contributed by atoms with Crippen molar-refractivity contribution in [2.24, 2.45) is 0 Å². The zero-order chi connectivity index (χ0) is 22.2. The lowest BCUT2D eigenvalue weighted by atomic mass is 10.1. The van der Waals surface area contributed by atoms with Crippen molar-refractivity contribution in [3.8, 4) is 11.5 Å². The smallest absolute Gasteiger partial charge is 0.238 e. The molecule has 5 nitrogen and oxygen atoms in total. The average Bonchev–Trinajstić information content (AvgIpc) is 3.12. The maximum atomic E-state index is 13.3. The first-order valence-electron chi connectivity index (χ1n) is 9.35. The number of benzene rings is 3. The van der Waals surface area contributed by atoms with Gasteiger partial charge < -0.3 is 9.73 Å². The minimum absolute atomic E-state index is 0.00700. The van der Waals surface area contributed by atoms with E-state index in [0.717, 1.165) is 35.4 Å². The van der Waals surface area contributed by atoms with E-state index in [0.29, 0.717) is 11.3 Å². The number of rotatable bonds is 5. The summed E-state index contributed by atoms with van der Waals surface area (Å²) in [6.07, 6.45) is 0. The zero-order valence-corrected chi connectivity index (χ0v) is 17.5. The van der Waals surface area contributed by atoms with Crippen molar-refractivity contribution in [2.75, 3.05) is 5.32 Å². The van der Waals surface area contributed by atoms with Gasteiger partial charge in [0.1, 0.15) is 11.6 Å². The Balaban J connectivity index is 1.85. The van der Waals surface area contributed by atoms with Gasteiger partial charge in [0.25, 0.3) is 0 Å². The molecule has 1 aromatic heterocycles. The van der Waals surface area contributed by atoms with Crippen molar-refractivity contribution in [2.45, 2.75) is 23.8 Å². The molecule has 0 spiro atoms. The molecule has 1 N–H and O–H groups in total. The van der Waals surface area contributed by atoms with Crippen molar-refractivity contribution in [1.82, 2.24) is 4.98 Å². The van der Waals surface area contributed by atoms with Crippen LogP contribution in [0.4, 0.5) is 20.4 Å². The highest BCUT2D eigenvalue weighted by Crippen LogP contribution is 2.34. The van der Waals surface area contributed by atoms with Crippen molar-refractivity contribution >= 4 is 21.4 Å². The molecule has 0 aliphatic rings. The van der Waals surface area contributed by atoms with Gasteiger partial charge in [-0.1, -0.05) is 6.07 Å². The normalized spacial score (nSPS) is 11.5. The van der Waals surface area contributed by atoms with Gasteiger partial charge in [-0.2, -0.15) is 4.98 Å². The molecule has 4 aromatic rings. The van der Waals surface area contributed by atoms with Gasteiger partial charge in [-0.3, -0.25) is 0 Å². The van der Waals surface area contributed by atoms with Gasteiger partial charge in [-0.05, 0) is 85.6 Å². The number of nitrogens with one attached hydrogen (secondary N) is 1. The van der Waals surface area contributed by atoms with E-state index < -0.39 is 21.5 Å². The highest BCUT2D eigenvalue weighted by molar-refractivity contribution is 7.91. The number of hydrogen-bond donors (Lipinski definition) is 1. The molecule has 0 atom stereocenters. The van der Waals surface area contributed by atoms with E-state index in [2.05, 4.69) is 10.3 Å². The lowest BCUT2D eigenvalue weighted by Crippen LogP contribution is -2.05. The monoisotopic (exact) mass is 440 g/mol. The third-order valence-corrected chi connectivity index (χ3v) is 6.22. The molecule has 31 heavy (non-hydrogen) atoms. The maximum Gasteiger partial charge on any atom is 0.238 e. The Kier molecular flexibility index (Phi) is 5.32. The molecule has 0 saturated carbocycles. The minimum atomic E-state index is -4.13. The quantitative estimate of drug-likeness (QED) is 0.396. The molecule has 0 unspecified atom stereocenters. The summed E-state index contributed by atoms with van der Waals surface area (Å²) in [6, 6.07) is 15.4. The molecular formula is C23H18F2N2O3S. The van der Waals surface area contributed by atoms with Crippen LogP contribution in [0.1, 0.15) is 11.1 Å². The third-order valence-electron chi connectivity index (χ3n) is 4.55. The maximum absolute atomic E-state index is 13.3. The summed E-state index contributed by atoms with van der Waals surface area (Å²) in [4.78, 5) is 4.06. The van der Waals surface area contributed by atoms with E-state index in [1.165, 1.54) is 24.3 Å². The molecule has 0 aliphatic carbocycles. The summed E-state index contributed by atoms with van der Waals surface area (Å²) in [5, 5.41) is 2.64. The lowest BCUT2D eigenvalue weighted by Gasteiger charge is -2.08. The van der Waals surface area contributed by atoms with Crippen molar-refractivity contribution in [1.29, 1.82) is 0 Å². The summed E-state index contributed by atoms with van der Waals surface area (Å²) in [5.41, 5.74) is 2.98. The van der Waals surface area contributed by atoms with Gasteiger partial charge >= 0.3 is 0 Å². The number of aryl methyl sites for hydroxylation is 2. The third kappa shape index (κ3) is 4.34. The second kappa shape index (κ2) is 7.96. The Morgan fingerprint density at radius 3 is 1.97 bits per heavy atom. The Morgan fingerprint density at radius 2 is 1.39 bits per heavy atom. The molecular weight excluding hydrogens is 422 g/mol. The summed E-state index contributed by atoms with van der Waals surface area (Å²) in [6.45, 7) is 3.83. The van der Waals surface area contributed by atoms with Crippen LogP contribution in [0.2, 0.25) is 0 Å². The van der Waals surface area contributed by atoms with E-state index in [-0.39, 0.29) is 21.7 Å².